The Hall–Kier alpha value is -1.43. The molecule has 1 aromatic heterocycles. The first-order chi connectivity index (χ1) is 8.52. The molecule has 0 aliphatic carbocycles. The summed E-state index contributed by atoms with van der Waals surface area (Å²) >= 11 is 0. The van der Waals surface area contributed by atoms with Crippen LogP contribution in [0.25, 0.3) is 10.9 Å². The fourth-order valence-electron chi connectivity index (χ4n) is 1.80. The van der Waals surface area contributed by atoms with Crippen LogP contribution < -0.4 is 5.73 Å². The Morgan fingerprint density at radius 2 is 1.95 bits per heavy atom. The van der Waals surface area contributed by atoms with Crippen molar-refractivity contribution in [1.82, 2.24) is 9.97 Å². The Bertz CT molecular complexity index is 620. The number of methoxy groups -OCH3 is 1. The number of halogens is 2. The van der Waals surface area contributed by atoms with Gasteiger partial charge in [-0.1, -0.05) is 11.6 Å². The number of aromatic nitrogens is 2. The van der Waals surface area contributed by atoms with Gasteiger partial charge in [-0.2, -0.15) is 0 Å². The van der Waals surface area contributed by atoms with Crippen molar-refractivity contribution in [1.29, 1.82) is 0 Å². The number of amides is 1. The minimum Gasteiger partial charge on any atom is -0.375 e. The molecule has 0 radical (unpaired) electrons. The molecule has 0 saturated heterocycles. The van der Waals surface area contributed by atoms with Crippen LogP contribution >= 0.6 is 24.8 Å². The van der Waals surface area contributed by atoms with Crippen LogP contribution in [0, 0.1) is 6.92 Å². The van der Waals surface area contributed by atoms with Gasteiger partial charge in [-0.3, -0.25) is 4.79 Å². The van der Waals surface area contributed by atoms with Crippen molar-refractivity contribution in [3.63, 3.8) is 0 Å². The molecule has 2 rings (SSSR count). The quantitative estimate of drug-likeness (QED) is 0.943. The highest BCUT2D eigenvalue weighted by Crippen LogP contribution is 2.24. The number of benzene rings is 1. The van der Waals surface area contributed by atoms with Crippen LogP contribution in [0.4, 0.5) is 0 Å². The van der Waals surface area contributed by atoms with Crippen LogP contribution in [0.15, 0.2) is 18.2 Å². The van der Waals surface area contributed by atoms with Gasteiger partial charge in [-0.15, -0.1) is 24.8 Å². The Morgan fingerprint density at radius 3 is 2.50 bits per heavy atom. The maximum absolute atomic E-state index is 11.2. The molecule has 1 atom stereocenters. The molecular formula is C13H17Cl2N3O2. The molecule has 1 amide bonds. The second kappa shape index (κ2) is 7.38. The van der Waals surface area contributed by atoms with Crippen LogP contribution in [-0.2, 0) is 4.74 Å². The molecule has 2 aromatic rings. The Balaban J connectivity index is 0.00000180. The van der Waals surface area contributed by atoms with Gasteiger partial charge < -0.3 is 10.5 Å². The lowest BCUT2D eigenvalue weighted by Crippen LogP contribution is -2.17. The number of fused-ring (bicyclic) bond motifs is 1. The van der Waals surface area contributed by atoms with Crippen LogP contribution in [0.5, 0.6) is 0 Å². The van der Waals surface area contributed by atoms with Gasteiger partial charge in [0.25, 0.3) is 5.91 Å². The van der Waals surface area contributed by atoms with E-state index in [-0.39, 0.29) is 36.7 Å². The van der Waals surface area contributed by atoms with Gasteiger partial charge in [0.2, 0.25) is 5.82 Å². The van der Waals surface area contributed by atoms with E-state index >= 15 is 0 Å². The van der Waals surface area contributed by atoms with Crippen molar-refractivity contribution in [2.24, 2.45) is 5.73 Å². The van der Waals surface area contributed by atoms with Gasteiger partial charge >= 0.3 is 0 Å². The topological polar surface area (TPSA) is 78.1 Å². The number of ether oxygens (including phenoxy) is 1. The molecule has 0 bridgehead atoms. The van der Waals surface area contributed by atoms with Gasteiger partial charge in [0.05, 0.1) is 17.3 Å². The van der Waals surface area contributed by atoms with E-state index in [9.17, 15) is 4.79 Å². The van der Waals surface area contributed by atoms with E-state index in [1.807, 2.05) is 32.0 Å². The maximum Gasteiger partial charge on any atom is 0.286 e. The molecule has 7 heteroatoms. The lowest BCUT2D eigenvalue weighted by Gasteiger charge is -2.13. The van der Waals surface area contributed by atoms with E-state index < -0.39 is 5.91 Å². The maximum atomic E-state index is 11.2. The van der Waals surface area contributed by atoms with E-state index in [4.69, 9.17) is 10.5 Å². The molecule has 5 nitrogen and oxygen atoms in total. The summed E-state index contributed by atoms with van der Waals surface area (Å²) in [5, 5.41) is 0.884. The highest BCUT2D eigenvalue weighted by atomic mass is 35.5. The van der Waals surface area contributed by atoms with Crippen LogP contribution in [0.2, 0.25) is 0 Å². The number of nitrogens with two attached hydrogens (primary N) is 1. The Kier molecular flexibility index (Phi) is 6.85. The summed E-state index contributed by atoms with van der Waals surface area (Å²) in [6, 6.07) is 5.76. The van der Waals surface area contributed by atoms with Crippen molar-refractivity contribution in [3.05, 3.63) is 35.3 Å². The average molecular weight is 318 g/mol. The second-order valence-electron chi connectivity index (χ2n) is 4.20. The number of carbonyl (C=O) groups excluding carboxylic acids is 1. The van der Waals surface area contributed by atoms with Crippen LogP contribution in [-0.4, -0.2) is 23.0 Å². The number of aryl methyl sites for hydroxylation is 1. The Labute approximate surface area is 129 Å². The van der Waals surface area contributed by atoms with E-state index in [1.54, 1.807) is 7.11 Å². The first-order valence-electron chi connectivity index (χ1n) is 5.64. The van der Waals surface area contributed by atoms with Crippen molar-refractivity contribution in [2.75, 3.05) is 7.11 Å². The van der Waals surface area contributed by atoms with Gasteiger partial charge in [0.15, 0.2) is 0 Å². The number of nitrogens with zero attached hydrogens (tertiary/aromatic N) is 2. The van der Waals surface area contributed by atoms with Gasteiger partial charge in [0.1, 0.15) is 0 Å². The third-order valence-electron chi connectivity index (χ3n) is 2.84. The lowest BCUT2D eigenvalue weighted by atomic mass is 10.1. The zero-order valence-corrected chi connectivity index (χ0v) is 13.0. The summed E-state index contributed by atoms with van der Waals surface area (Å²) in [6.07, 6.45) is -0.226. The molecule has 0 spiro atoms. The standard InChI is InChI=1S/C13H15N3O2.2ClH/c1-7-4-5-10-9(6-7)11(8(2)18-3)16-13(15-10)12(14)17;;/h4-6,8H,1-3H3,(H2,14,17);2*1H. The minimum atomic E-state index is -0.637. The molecule has 0 saturated carbocycles. The molecule has 0 aliphatic heterocycles. The first kappa shape index (κ1) is 18.6. The van der Waals surface area contributed by atoms with Crippen molar-refractivity contribution >= 4 is 41.6 Å². The summed E-state index contributed by atoms with van der Waals surface area (Å²) in [5.41, 5.74) is 7.72. The first-order valence-corrected chi connectivity index (χ1v) is 5.64. The highest BCUT2D eigenvalue weighted by molar-refractivity contribution is 5.92. The highest BCUT2D eigenvalue weighted by Gasteiger charge is 2.15. The number of hydrogen-bond donors (Lipinski definition) is 1. The fraction of sp³-hybridized carbons (Fsp3) is 0.308. The SMILES string of the molecule is COC(C)c1nc(C(N)=O)nc2ccc(C)cc12.Cl.Cl. The summed E-state index contributed by atoms with van der Waals surface area (Å²) in [7, 11) is 1.60. The molecule has 1 unspecified atom stereocenters. The van der Waals surface area contributed by atoms with Gasteiger partial charge in [-0.25, -0.2) is 9.97 Å². The summed E-state index contributed by atoms with van der Waals surface area (Å²) in [4.78, 5) is 19.6. The average Bonchev–Trinajstić information content (AvgIpc) is 2.36. The zero-order chi connectivity index (χ0) is 13.3. The summed E-state index contributed by atoms with van der Waals surface area (Å²) < 4.78 is 5.28. The van der Waals surface area contributed by atoms with Crippen LogP contribution in [0.3, 0.4) is 0 Å². The largest absolute Gasteiger partial charge is 0.375 e. The third-order valence-corrected chi connectivity index (χ3v) is 2.84. The predicted molar refractivity (Wildman–Crippen MR) is 82.7 cm³/mol. The van der Waals surface area contributed by atoms with E-state index in [2.05, 4.69) is 9.97 Å². The van der Waals surface area contributed by atoms with Crippen LogP contribution in [0.1, 0.15) is 34.9 Å². The number of rotatable bonds is 3. The molecule has 1 aromatic carbocycles. The van der Waals surface area contributed by atoms with E-state index in [1.165, 1.54) is 0 Å². The molecule has 0 fully saturated rings. The molecule has 2 N–H and O–H groups in total. The lowest BCUT2D eigenvalue weighted by molar-refractivity contribution is 0.0985. The monoisotopic (exact) mass is 317 g/mol. The number of carbonyl (C=O) groups is 1. The molecule has 1 heterocycles. The van der Waals surface area contributed by atoms with E-state index in [0.29, 0.717) is 11.2 Å². The van der Waals surface area contributed by atoms with Gasteiger partial charge in [0, 0.05) is 12.5 Å². The number of primary amides is 1. The smallest absolute Gasteiger partial charge is 0.286 e. The predicted octanol–water partition coefficient (Wildman–Crippen LogP) is 2.59. The third kappa shape index (κ3) is 3.56. The van der Waals surface area contributed by atoms with E-state index in [0.717, 1.165) is 10.9 Å². The van der Waals surface area contributed by atoms with Crippen molar-refractivity contribution in [3.8, 4) is 0 Å². The number of hydrogen-bond acceptors (Lipinski definition) is 4. The second-order valence-corrected chi connectivity index (χ2v) is 4.20. The Morgan fingerprint density at radius 1 is 1.30 bits per heavy atom. The van der Waals surface area contributed by atoms with Crippen molar-refractivity contribution in [2.45, 2.75) is 20.0 Å². The van der Waals surface area contributed by atoms with Crippen molar-refractivity contribution < 1.29 is 9.53 Å². The summed E-state index contributed by atoms with van der Waals surface area (Å²) in [6.45, 7) is 3.86. The molecule has 0 aliphatic rings. The molecular weight excluding hydrogens is 301 g/mol. The van der Waals surface area contributed by atoms with Gasteiger partial charge in [-0.05, 0) is 26.0 Å². The normalized spacial score (nSPS) is 11.3. The summed E-state index contributed by atoms with van der Waals surface area (Å²) in [5.74, 6) is -0.618. The molecule has 110 valence electrons. The zero-order valence-electron chi connectivity index (χ0n) is 11.4. The minimum absolute atomic E-state index is 0. The molecule has 20 heavy (non-hydrogen) atoms. The fourth-order valence-corrected chi connectivity index (χ4v) is 1.80.